The molecule has 1 aromatic rings. The van der Waals surface area contributed by atoms with Crippen LogP contribution in [0.3, 0.4) is 0 Å². The minimum atomic E-state index is -1.49. The number of carbonyl (C=O) groups excluding carboxylic acids is 2. The predicted octanol–water partition coefficient (Wildman–Crippen LogP) is -0.953. The Kier molecular flexibility index (Phi) is 7.67. The summed E-state index contributed by atoms with van der Waals surface area (Å²) >= 11 is 0. The molecule has 0 aromatic carbocycles. The Balaban J connectivity index is 0.000000397. The smallest absolute Gasteiger partial charge is 0.339 e. The highest BCUT2D eigenvalue weighted by Gasteiger charge is 2.09. The minimum absolute atomic E-state index is 0.160. The van der Waals surface area contributed by atoms with E-state index in [1.807, 2.05) is 0 Å². The van der Waals surface area contributed by atoms with Gasteiger partial charge in [0.05, 0.1) is 18.1 Å². The molecule has 0 aliphatic carbocycles. The van der Waals surface area contributed by atoms with Gasteiger partial charge in [-0.2, -0.15) is 5.10 Å². The van der Waals surface area contributed by atoms with Gasteiger partial charge in [-0.05, 0) is 13.3 Å². The van der Waals surface area contributed by atoms with Crippen LogP contribution in [0.25, 0.3) is 0 Å². The highest BCUT2D eigenvalue weighted by Crippen LogP contribution is 1.98. The van der Waals surface area contributed by atoms with Crippen molar-refractivity contribution in [3.8, 4) is 0 Å². The zero-order valence-electron chi connectivity index (χ0n) is 10.4. The van der Waals surface area contributed by atoms with Crippen molar-refractivity contribution in [3.63, 3.8) is 0 Å². The highest BCUT2D eigenvalue weighted by atomic mass is 16.5. The maximum atomic E-state index is 10.9. The number of aromatic amines is 2. The van der Waals surface area contributed by atoms with Crippen molar-refractivity contribution in [1.82, 2.24) is 5.10 Å². The second kappa shape index (κ2) is 8.80. The largest absolute Gasteiger partial charge is 0.545 e. The number of aliphatic carboxylic acids is 1. The summed E-state index contributed by atoms with van der Waals surface area (Å²) in [7, 11) is 0. The van der Waals surface area contributed by atoms with E-state index in [1.54, 1.807) is 26.1 Å². The molecule has 0 aliphatic rings. The number of nitrogens with one attached hydrogen (secondary N) is 2. The summed E-state index contributed by atoms with van der Waals surface area (Å²) < 4.78 is 4.49. The number of esters is 1. The molecule has 0 unspecified atom stereocenters. The molecule has 0 spiro atoms. The molecular formula is C11H17N3O4. The van der Waals surface area contributed by atoms with E-state index in [-0.39, 0.29) is 6.61 Å². The lowest BCUT2D eigenvalue weighted by atomic mass is 10.2. The Morgan fingerprint density at radius 1 is 1.56 bits per heavy atom. The molecule has 100 valence electrons. The molecule has 0 saturated heterocycles. The van der Waals surface area contributed by atoms with Gasteiger partial charge in [-0.1, -0.05) is 13.0 Å². The number of H-pyrrole nitrogens is 2. The third-order valence-electron chi connectivity index (χ3n) is 1.69. The number of allylic oxidation sites excluding steroid dienone is 1. The molecule has 0 saturated carbocycles. The Hall–Kier alpha value is -2.31. The lowest BCUT2D eigenvalue weighted by molar-refractivity contribution is -0.447. The van der Waals surface area contributed by atoms with Crippen LogP contribution in [0.2, 0.25) is 0 Å². The van der Waals surface area contributed by atoms with Crippen molar-refractivity contribution in [1.29, 1.82) is 0 Å². The summed E-state index contributed by atoms with van der Waals surface area (Å²) in [6.07, 6.45) is 3.46. The molecule has 0 bridgehead atoms. The van der Waals surface area contributed by atoms with Gasteiger partial charge >= 0.3 is 5.97 Å². The number of anilines is 1. The number of hydrogen-bond acceptors (Lipinski definition) is 5. The van der Waals surface area contributed by atoms with Crippen LogP contribution in [0.4, 0.5) is 5.82 Å². The number of rotatable bonds is 4. The monoisotopic (exact) mass is 255 g/mol. The fourth-order valence-corrected chi connectivity index (χ4v) is 0.961. The van der Waals surface area contributed by atoms with Crippen molar-refractivity contribution in [2.24, 2.45) is 0 Å². The molecule has 0 radical (unpaired) electrons. The summed E-state index contributed by atoms with van der Waals surface area (Å²) in [4.78, 5) is 21.2. The molecule has 1 heterocycles. The predicted molar refractivity (Wildman–Crippen MR) is 61.8 cm³/mol. The maximum absolute atomic E-state index is 10.9. The van der Waals surface area contributed by atoms with Crippen LogP contribution in [0.15, 0.2) is 23.9 Å². The Morgan fingerprint density at radius 2 is 2.22 bits per heavy atom. The van der Waals surface area contributed by atoms with E-state index in [2.05, 4.69) is 14.9 Å². The van der Waals surface area contributed by atoms with Gasteiger partial charge in [-0.25, -0.2) is 4.79 Å². The Morgan fingerprint density at radius 3 is 2.50 bits per heavy atom. The number of carbonyl (C=O) groups is 2. The van der Waals surface area contributed by atoms with E-state index in [4.69, 9.17) is 5.73 Å². The quantitative estimate of drug-likeness (QED) is 0.311. The van der Waals surface area contributed by atoms with Gasteiger partial charge in [0.1, 0.15) is 0 Å². The maximum Gasteiger partial charge on any atom is 0.339 e. The molecule has 7 nitrogen and oxygen atoms in total. The molecule has 1 rings (SSSR count). The highest BCUT2D eigenvalue weighted by molar-refractivity contribution is 6.12. The minimum Gasteiger partial charge on any atom is -0.545 e. The topological polar surface area (TPSA) is 122 Å². The van der Waals surface area contributed by atoms with Gasteiger partial charge in [-0.3, -0.25) is 0 Å². The van der Waals surface area contributed by atoms with E-state index in [0.29, 0.717) is 12.2 Å². The zero-order valence-corrected chi connectivity index (χ0v) is 10.4. The first-order valence-corrected chi connectivity index (χ1v) is 5.42. The summed E-state index contributed by atoms with van der Waals surface area (Å²) in [6, 6.07) is 1.75. The van der Waals surface area contributed by atoms with Crippen LogP contribution in [0.5, 0.6) is 0 Å². The molecule has 0 atom stereocenters. The molecule has 0 fully saturated rings. The van der Waals surface area contributed by atoms with Crippen molar-refractivity contribution in [2.45, 2.75) is 20.3 Å². The van der Waals surface area contributed by atoms with Crippen molar-refractivity contribution in [2.75, 3.05) is 12.3 Å². The molecule has 18 heavy (non-hydrogen) atoms. The van der Waals surface area contributed by atoms with E-state index in [1.165, 1.54) is 6.08 Å². The molecule has 7 heteroatoms. The first-order chi connectivity index (χ1) is 8.52. The number of hydrogen-bond donors (Lipinski definition) is 2. The summed E-state index contributed by atoms with van der Waals surface area (Å²) in [5.41, 5.74) is 4.79. The number of carboxylic acids is 1. The molecule has 0 aliphatic heterocycles. The SMILES string of the molecule is CC/C=C(\C(=O)[O-])C(=O)OCC.Nc1cc[nH+][nH]1. The third kappa shape index (κ3) is 6.31. The Labute approximate surface area is 105 Å². The number of ether oxygens (including phenoxy) is 1. The molecule has 0 amide bonds. The summed E-state index contributed by atoms with van der Waals surface area (Å²) in [6.45, 7) is 3.49. The second-order valence-corrected chi connectivity index (χ2v) is 3.09. The number of nitrogens with two attached hydrogens (primary N) is 1. The standard InChI is InChI=1S/C8H12O4.C3H5N3/c1-3-5-6(7(9)10)8(11)12-4-2;4-3-1-2-5-6-3/h5H,3-4H2,1-2H3,(H,9,10);1-2H,(H3,4,5,6)/b6-5+;. The molecular weight excluding hydrogens is 238 g/mol. The summed E-state index contributed by atoms with van der Waals surface area (Å²) in [5.74, 6) is -1.66. The number of carboxylic acid groups (broad SMARTS) is 1. The van der Waals surface area contributed by atoms with E-state index < -0.39 is 17.5 Å². The molecule has 1 aromatic heterocycles. The van der Waals surface area contributed by atoms with Crippen molar-refractivity contribution in [3.05, 3.63) is 23.9 Å². The normalized spacial score (nSPS) is 10.2. The van der Waals surface area contributed by atoms with Gasteiger partial charge in [-0.15, -0.1) is 5.10 Å². The van der Waals surface area contributed by atoms with E-state index >= 15 is 0 Å². The van der Waals surface area contributed by atoms with Crippen LogP contribution < -0.4 is 15.9 Å². The van der Waals surface area contributed by atoms with E-state index in [0.717, 1.165) is 0 Å². The van der Waals surface area contributed by atoms with Gasteiger partial charge < -0.3 is 20.4 Å². The van der Waals surface area contributed by atoms with Gasteiger partial charge in [0.25, 0.3) is 0 Å². The number of aromatic nitrogens is 2. The average molecular weight is 255 g/mol. The average Bonchev–Trinajstić information content (AvgIpc) is 2.77. The third-order valence-corrected chi connectivity index (χ3v) is 1.69. The van der Waals surface area contributed by atoms with Crippen LogP contribution in [0, 0.1) is 0 Å². The van der Waals surface area contributed by atoms with Crippen LogP contribution in [-0.2, 0) is 14.3 Å². The van der Waals surface area contributed by atoms with Gasteiger partial charge in [0, 0.05) is 6.07 Å². The van der Waals surface area contributed by atoms with Gasteiger partial charge in [0.15, 0.2) is 12.0 Å². The Bertz CT molecular complexity index is 398. The van der Waals surface area contributed by atoms with Gasteiger partial charge in [0.2, 0.25) is 0 Å². The summed E-state index contributed by atoms with van der Waals surface area (Å²) in [5, 5.41) is 15.7. The van der Waals surface area contributed by atoms with Crippen LogP contribution in [-0.4, -0.2) is 23.6 Å². The second-order valence-electron chi connectivity index (χ2n) is 3.09. The fourth-order valence-electron chi connectivity index (χ4n) is 0.961. The first-order valence-electron chi connectivity index (χ1n) is 5.42. The van der Waals surface area contributed by atoms with Crippen molar-refractivity contribution >= 4 is 17.8 Å². The van der Waals surface area contributed by atoms with Crippen LogP contribution in [0.1, 0.15) is 20.3 Å². The zero-order chi connectivity index (χ0) is 14.0. The number of nitrogen functional groups attached to an aromatic ring is 1. The van der Waals surface area contributed by atoms with E-state index in [9.17, 15) is 14.7 Å². The fraction of sp³-hybridized carbons (Fsp3) is 0.364. The van der Waals surface area contributed by atoms with Crippen LogP contribution >= 0.6 is 0 Å². The van der Waals surface area contributed by atoms with Crippen molar-refractivity contribution < 1.29 is 24.5 Å². The first kappa shape index (κ1) is 15.7. The lowest BCUT2D eigenvalue weighted by Crippen LogP contribution is -2.29. The lowest BCUT2D eigenvalue weighted by Gasteiger charge is -2.06. The molecule has 4 N–H and O–H groups in total.